The summed E-state index contributed by atoms with van der Waals surface area (Å²) in [6, 6.07) is 3.29. The molecule has 1 fully saturated rings. The topological polar surface area (TPSA) is 209 Å². The zero-order valence-corrected chi connectivity index (χ0v) is 17.1. The smallest absolute Gasteiger partial charge is 0.387 e. The Hall–Kier alpha value is -2.49. The third-order valence-electron chi connectivity index (χ3n) is 4.45. The molecule has 0 saturated carbocycles. The molecule has 0 aromatic carbocycles. The van der Waals surface area contributed by atoms with Crippen LogP contribution in [0.2, 0.25) is 0 Å². The number of thiophene rings is 1. The van der Waals surface area contributed by atoms with Crippen LogP contribution in [0, 0.1) is 0 Å². The van der Waals surface area contributed by atoms with Crippen molar-refractivity contribution >= 4 is 42.0 Å². The number of aromatic amines is 1. The van der Waals surface area contributed by atoms with Crippen molar-refractivity contribution in [1.29, 1.82) is 0 Å². The van der Waals surface area contributed by atoms with Crippen LogP contribution in [0.3, 0.4) is 0 Å². The molecule has 1 aliphatic rings. The number of aromatic nitrogens is 4. The van der Waals surface area contributed by atoms with Gasteiger partial charge in [-0.1, -0.05) is 6.07 Å². The Labute approximate surface area is 176 Å². The van der Waals surface area contributed by atoms with Crippen molar-refractivity contribution in [2.24, 2.45) is 0 Å². The van der Waals surface area contributed by atoms with Crippen LogP contribution >= 0.6 is 19.2 Å². The lowest BCUT2D eigenvalue weighted by Gasteiger charge is -2.16. The molecule has 6 N–H and O–H groups in total. The van der Waals surface area contributed by atoms with Gasteiger partial charge in [0.1, 0.15) is 29.6 Å². The lowest BCUT2D eigenvalue weighted by molar-refractivity contribution is -0.0504. The van der Waals surface area contributed by atoms with E-state index in [2.05, 4.69) is 24.8 Å². The molecule has 4 atom stereocenters. The number of nitrogens with one attached hydrogen (secondary N) is 2. The molecular weight excluding hydrogens is 457 g/mol. The quantitative estimate of drug-likeness (QED) is 0.243. The standard InChI is InChI=1S/C15H16N5O9PS/c21-9-6(4-28-30(25,26)27)29-14(10(9)22)20-5-16-8-11(18-15(24)19-12(8)20)17-13(23)7-2-1-3-31-7/h1-3,5-6,9-10,14,21-22H,4H2,(H2,25,26,27)(H2,17,18,19,23,24)/t6-,9-,10-,14-/m1/s1. The summed E-state index contributed by atoms with van der Waals surface area (Å²) in [5.41, 5.74) is -0.784. The molecule has 0 aliphatic carbocycles. The maximum Gasteiger partial charge on any atom is 0.469 e. The minimum absolute atomic E-state index is 0.0263. The summed E-state index contributed by atoms with van der Waals surface area (Å²) in [6.07, 6.45) is -4.48. The third-order valence-corrected chi connectivity index (χ3v) is 5.80. The normalized spacial score (nSPS) is 24.0. The fourth-order valence-electron chi connectivity index (χ4n) is 3.06. The number of hydrogen-bond acceptors (Lipinski definition) is 10. The van der Waals surface area contributed by atoms with E-state index in [4.69, 9.17) is 14.5 Å². The maximum absolute atomic E-state index is 12.3. The van der Waals surface area contributed by atoms with Crippen LogP contribution < -0.4 is 11.0 Å². The number of H-pyrrole nitrogens is 1. The van der Waals surface area contributed by atoms with Crippen LogP contribution in [0.4, 0.5) is 5.82 Å². The van der Waals surface area contributed by atoms with Gasteiger partial charge in [-0.15, -0.1) is 11.3 Å². The average molecular weight is 473 g/mol. The van der Waals surface area contributed by atoms with Gasteiger partial charge in [0.2, 0.25) is 0 Å². The minimum Gasteiger partial charge on any atom is -0.387 e. The van der Waals surface area contributed by atoms with Crippen molar-refractivity contribution in [2.45, 2.75) is 24.5 Å². The van der Waals surface area contributed by atoms with Crippen molar-refractivity contribution in [3.8, 4) is 0 Å². The van der Waals surface area contributed by atoms with E-state index >= 15 is 0 Å². The molecule has 14 nitrogen and oxygen atoms in total. The van der Waals surface area contributed by atoms with Crippen LogP contribution in [0.25, 0.3) is 11.2 Å². The number of phosphoric ester groups is 1. The van der Waals surface area contributed by atoms with Crippen molar-refractivity contribution < 1.29 is 38.6 Å². The summed E-state index contributed by atoms with van der Waals surface area (Å²) < 4.78 is 21.8. The molecule has 0 bridgehead atoms. The number of fused-ring (bicyclic) bond motifs is 1. The summed E-state index contributed by atoms with van der Waals surface area (Å²) in [4.78, 5) is 52.7. The zero-order chi connectivity index (χ0) is 22.3. The first-order valence-electron chi connectivity index (χ1n) is 8.67. The monoisotopic (exact) mass is 473 g/mol. The van der Waals surface area contributed by atoms with Gasteiger partial charge in [-0.3, -0.25) is 18.9 Å². The molecule has 3 aromatic heterocycles. The van der Waals surface area contributed by atoms with E-state index in [1.54, 1.807) is 17.5 Å². The second-order valence-corrected chi connectivity index (χ2v) is 8.69. The Balaban J connectivity index is 1.63. The van der Waals surface area contributed by atoms with Gasteiger partial charge >= 0.3 is 13.5 Å². The molecule has 16 heteroatoms. The van der Waals surface area contributed by atoms with Crippen LogP contribution in [0.5, 0.6) is 0 Å². The van der Waals surface area contributed by atoms with Crippen LogP contribution in [-0.4, -0.2) is 70.3 Å². The minimum atomic E-state index is -4.82. The molecule has 166 valence electrons. The number of carbonyl (C=O) groups excluding carboxylic acids is 1. The van der Waals surface area contributed by atoms with E-state index in [1.165, 1.54) is 17.7 Å². The van der Waals surface area contributed by atoms with E-state index in [-0.39, 0.29) is 17.0 Å². The Morgan fingerprint density at radius 1 is 1.39 bits per heavy atom. The predicted molar refractivity (Wildman–Crippen MR) is 104 cm³/mol. The van der Waals surface area contributed by atoms with Gasteiger partial charge < -0.3 is 30.1 Å². The molecule has 3 aromatic rings. The Kier molecular flexibility index (Phi) is 5.76. The first kappa shape index (κ1) is 21.7. The number of aliphatic hydroxyl groups is 2. The lowest BCUT2D eigenvalue weighted by Crippen LogP contribution is -2.33. The molecule has 31 heavy (non-hydrogen) atoms. The number of hydrogen-bond donors (Lipinski definition) is 6. The van der Waals surface area contributed by atoms with Gasteiger partial charge in [0.15, 0.2) is 11.9 Å². The fourth-order valence-corrected chi connectivity index (χ4v) is 4.02. The highest BCUT2D eigenvalue weighted by molar-refractivity contribution is 7.46. The number of amides is 1. The SMILES string of the molecule is O=C(Nc1[nH]c(=O)nc2c1ncn2[C@@H]1O[C@H](COP(=O)(O)O)[C@@H](O)[C@H]1O)c1cccs1. The number of ether oxygens (including phenoxy) is 1. The van der Waals surface area contributed by atoms with Gasteiger partial charge in [0.05, 0.1) is 17.8 Å². The Morgan fingerprint density at radius 3 is 2.84 bits per heavy atom. The van der Waals surface area contributed by atoms with Crippen molar-refractivity contribution in [3.05, 3.63) is 39.2 Å². The molecule has 1 saturated heterocycles. The highest BCUT2D eigenvalue weighted by Crippen LogP contribution is 2.38. The van der Waals surface area contributed by atoms with Gasteiger partial charge in [-0.05, 0) is 11.4 Å². The third kappa shape index (κ3) is 4.44. The first-order chi connectivity index (χ1) is 14.6. The lowest BCUT2D eigenvalue weighted by atomic mass is 10.1. The van der Waals surface area contributed by atoms with E-state index in [9.17, 15) is 24.4 Å². The largest absolute Gasteiger partial charge is 0.469 e. The fraction of sp³-hybridized carbons (Fsp3) is 0.333. The predicted octanol–water partition coefficient (Wildman–Crippen LogP) is -0.838. The number of rotatable bonds is 6. The van der Waals surface area contributed by atoms with Gasteiger partial charge in [0, 0.05) is 0 Å². The maximum atomic E-state index is 12.3. The van der Waals surface area contributed by atoms with Gasteiger partial charge in [-0.25, -0.2) is 14.3 Å². The second-order valence-electron chi connectivity index (χ2n) is 6.51. The summed E-state index contributed by atoms with van der Waals surface area (Å²) in [5.74, 6) is -0.503. The summed E-state index contributed by atoms with van der Waals surface area (Å²) >= 11 is 1.20. The number of nitrogens with zero attached hydrogens (tertiary/aromatic N) is 3. The molecule has 0 unspecified atom stereocenters. The first-order valence-corrected chi connectivity index (χ1v) is 11.1. The molecule has 0 spiro atoms. The number of aliphatic hydroxyl groups excluding tert-OH is 2. The van der Waals surface area contributed by atoms with Crippen molar-refractivity contribution in [1.82, 2.24) is 19.5 Å². The Morgan fingerprint density at radius 2 is 2.16 bits per heavy atom. The summed E-state index contributed by atoms with van der Waals surface area (Å²) in [6.45, 7) is -0.693. The number of phosphoric acid groups is 1. The van der Waals surface area contributed by atoms with Crippen LogP contribution in [0.1, 0.15) is 15.9 Å². The van der Waals surface area contributed by atoms with Crippen LogP contribution in [-0.2, 0) is 13.8 Å². The van der Waals surface area contributed by atoms with E-state index in [0.717, 1.165) is 4.57 Å². The highest BCUT2D eigenvalue weighted by atomic mass is 32.1. The highest BCUT2D eigenvalue weighted by Gasteiger charge is 2.45. The molecular formula is C15H16N5O9PS. The average Bonchev–Trinajstić information content (AvgIpc) is 3.41. The van der Waals surface area contributed by atoms with Gasteiger partial charge in [0.25, 0.3) is 5.91 Å². The van der Waals surface area contributed by atoms with Crippen LogP contribution in [0.15, 0.2) is 28.6 Å². The van der Waals surface area contributed by atoms with E-state index in [0.29, 0.717) is 4.88 Å². The summed E-state index contributed by atoms with van der Waals surface area (Å²) in [5, 5.41) is 24.7. The van der Waals surface area contributed by atoms with Crippen molar-refractivity contribution in [3.63, 3.8) is 0 Å². The molecule has 0 radical (unpaired) electrons. The van der Waals surface area contributed by atoms with E-state index < -0.39 is 50.6 Å². The second kappa shape index (κ2) is 8.22. The molecule has 4 rings (SSSR count). The summed E-state index contributed by atoms with van der Waals surface area (Å²) in [7, 11) is -4.82. The number of carbonyl (C=O) groups is 1. The number of imidazole rings is 1. The molecule has 1 amide bonds. The molecule has 1 aliphatic heterocycles. The molecule has 4 heterocycles. The number of anilines is 1. The van der Waals surface area contributed by atoms with E-state index in [1.807, 2.05) is 0 Å². The van der Waals surface area contributed by atoms with Crippen molar-refractivity contribution in [2.75, 3.05) is 11.9 Å². The van der Waals surface area contributed by atoms with Gasteiger partial charge in [-0.2, -0.15) is 4.98 Å². The Bertz CT molecular complexity index is 1210. The zero-order valence-electron chi connectivity index (χ0n) is 15.4.